The van der Waals surface area contributed by atoms with Crippen LogP contribution in [0.3, 0.4) is 0 Å². The number of hydrogen-bond acceptors (Lipinski definition) is 3. The van der Waals surface area contributed by atoms with E-state index in [1.807, 2.05) is 27.1 Å². The van der Waals surface area contributed by atoms with Crippen molar-refractivity contribution in [3.63, 3.8) is 0 Å². The highest BCUT2D eigenvalue weighted by molar-refractivity contribution is 5.61. The summed E-state index contributed by atoms with van der Waals surface area (Å²) in [6.45, 7) is 21.8. The molecule has 0 aromatic rings. The number of nitrogens with zero attached hydrogens (tertiary/aromatic N) is 1. The van der Waals surface area contributed by atoms with Gasteiger partial charge in [-0.25, -0.2) is 0 Å². The van der Waals surface area contributed by atoms with Crippen LogP contribution in [0, 0.1) is 5.92 Å². The van der Waals surface area contributed by atoms with E-state index in [9.17, 15) is 0 Å². The molecule has 0 fully saturated rings. The van der Waals surface area contributed by atoms with Gasteiger partial charge in [0.2, 0.25) is 0 Å². The Morgan fingerprint density at radius 2 is 1.86 bits per heavy atom. The molecule has 168 valence electrons. The molecule has 29 heavy (non-hydrogen) atoms. The predicted molar refractivity (Wildman–Crippen MR) is 135 cm³/mol. The molecule has 0 bridgehead atoms. The summed E-state index contributed by atoms with van der Waals surface area (Å²) >= 11 is 0. The van der Waals surface area contributed by atoms with Crippen LogP contribution < -0.4 is 10.6 Å². The maximum atomic E-state index is 4.36. The lowest BCUT2D eigenvalue weighted by Crippen LogP contribution is -2.41. The van der Waals surface area contributed by atoms with Crippen molar-refractivity contribution in [1.82, 2.24) is 10.6 Å². The standard InChI is InChI=1S/C24H43N3.C2H6/c1-8-12-24(27-18-16-22(9-2)15-17-26-10-3)23(19-25-7)21(6)14-11-13-20(4)5;1-2/h9,11,13-14,17,23-25,27H,6,8,10,12,15-16,18-19H2,1-5,7H3;1-2H3/b14-11-,22-9+,26-17?;. The number of nitrogens with one attached hydrogen (secondary N) is 2. The second kappa shape index (κ2) is 21.3. The molecule has 0 amide bonds. The van der Waals surface area contributed by atoms with Gasteiger partial charge < -0.3 is 10.6 Å². The first-order valence-electron chi connectivity index (χ1n) is 11.5. The molecule has 0 rings (SSSR count). The van der Waals surface area contributed by atoms with Crippen LogP contribution in [0.2, 0.25) is 0 Å². The van der Waals surface area contributed by atoms with Gasteiger partial charge >= 0.3 is 0 Å². The minimum atomic E-state index is 0.396. The molecule has 0 aliphatic rings. The summed E-state index contributed by atoms with van der Waals surface area (Å²) in [6.07, 6.45) is 15.0. The van der Waals surface area contributed by atoms with E-state index in [1.54, 1.807) is 0 Å². The Bertz CT molecular complexity index is 508. The Morgan fingerprint density at radius 3 is 2.38 bits per heavy atom. The average molecular weight is 404 g/mol. The highest BCUT2D eigenvalue weighted by Gasteiger charge is 2.21. The van der Waals surface area contributed by atoms with Crippen molar-refractivity contribution >= 4 is 6.21 Å². The summed E-state index contributed by atoms with van der Waals surface area (Å²) in [5.41, 5.74) is 3.94. The summed E-state index contributed by atoms with van der Waals surface area (Å²) in [5, 5.41) is 7.16. The van der Waals surface area contributed by atoms with Gasteiger partial charge in [0.1, 0.15) is 0 Å². The summed E-state index contributed by atoms with van der Waals surface area (Å²) in [7, 11) is 2.02. The van der Waals surface area contributed by atoms with Crippen molar-refractivity contribution in [2.75, 3.05) is 26.7 Å². The van der Waals surface area contributed by atoms with Crippen LogP contribution in [0.5, 0.6) is 0 Å². The lowest BCUT2D eigenvalue weighted by Gasteiger charge is -2.29. The summed E-state index contributed by atoms with van der Waals surface area (Å²) in [5.74, 6) is 0.396. The van der Waals surface area contributed by atoms with Crippen molar-refractivity contribution in [1.29, 1.82) is 0 Å². The highest BCUT2D eigenvalue weighted by atomic mass is 14.9. The molecule has 0 aromatic heterocycles. The van der Waals surface area contributed by atoms with Gasteiger partial charge in [0, 0.05) is 37.7 Å². The molecule has 2 unspecified atom stereocenters. The maximum absolute atomic E-state index is 4.36. The van der Waals surface area contributed by atoms with Crippen molar-refractivity contribution < 1.29 is 0 Å². The molecule has 0 saturated carbocycles. The van der Waals surface area contributed by atoms with Crippen LogP contribution in [0.4, 0.5) is 0 Å². The summed E-state index contributed by atoms with van der Waals surface area (Å²) < 4.78 is 0. The van der Waals surface area contributed by atoms with Crippen molar-refractivity contribution in [2.24, 2.45) is 10.9 Å². The van der Waals surface area contributed by atoms with Gasteiger partial charge in [-0.05, 0) is 59.7 Å². The van der Waals surface area contributed by atoms with Crippen LogP contribution in [0.1, 0.15) is 74.1 Å². The lowest BCUT2D eigenvalue weighted by molar-refractivity contribution is 0.367. The molecule has 0 aromatic carbocycles. The third kappa shape index (κ3) is 16.1. The lowest BCUT2D eigenvalue weighted by atomic mass is 9.88. The molecule has 0 heterocycles. The van der Waals surface area contributed by atoms with Gasteiger partial charge in [-0.2, -0.15) is 0 Å². The molecule has 2 N–H and O–H groups in total. The van der Waals surface area contributed by atoms with Gasteiger partial charge in [-0.1, -0.05) is 69.2 Å². The van der Waals surface area contributed by atoms with E-state index < -0.39 is 0 Å². The molecule has 0 radical (unpaired) electrons. The first-order chi connectivity index (χ1) is 14.0. The molecule has 0 aliphatic heterocycles. The fourth-order valence-corrected chi connectivity index (χ4v) is 3.09. The Hall–Kier alpha value is -1.45. The first kappa shape index (κ1) is 29.7. The van der Waals surface area contributed by atoms with Gasteiger partial charge in [-0.3, -0.25) is 4.99 Å². The molecular formula is C26H49N3. The summed E-state index contributed by atoms with van der Waals surface area (Å²) in [4.78, 5) is 4.33. The van der Waals surface area contributed by atoms with Crippen LogP contribution in [-0.4, -0.2) is 38.9 Å². The Morgan fingerprint density at radius 1 is 1.17 bits per heavy atom. The number of allylic oxidation sites excluding steroid dienone is 5. The maximum Gasteiger partial charge on any atom is 0.0357 e. The van der Waals surface area contributed by atoms with Gasteiger partial charge in [0.25, 0.3) is 0 Å². The molecule has 2 atom stereocenters. The van der Waals surface area contributed by atoms with E-state index in [0.29, 0.717) is 12.0 Å². The highest BCUT2D eigenvalue weighted by Crippen LogP contribution is 2.19. The monoisotopic (exact) mass is 403 g/mol. The van der Waals surface area contributed by atoms with E-state index in [1.165, 1.54) is 23.1 Å². The van der Waals surface area contributed by atoms with Crippen LogP contribution in [-0.2, 0) is 0 Å². The van der Waals surface area contributed by atoms with Crippen molar-refractivity contribution in [2.45, 2.75) is 80.2 Å². The van der Waals surface area contributed by atoms with Crippen LogP contribution in [0.25, 0.3) is 0 Å². The molecular weight excluding hydrogens is 354 g/mol. The SMILES string of the molecule is C=C(/C=C\C=C(C)C)C(CNC)C(CCC)NCC/C(=C/C)CC=NCC.CC. The molecule has 0 aliphatic carbocycles. The van der Waals surface area contributed by atoms with E-state index in [4.69, 9.17) is 0 Å². The summed E-state index contributed by atoms with van der Waals surface area (Å²) in [6, 6.07) is 0.439. The minimum Gasteiger partial charge on any atom is -0.319 e. The largest absolute Gasteiger partial charge is 0.319 e. The van der Waals surface area contributed by atoms with Crippen LogP contribution >= 0.6 is 0 Å². The topological polar surface area (TPSA) is 36.4 Å². The van der Waals surface area contributed by atoms with Gasteiger partial charge in [-0.15, -0.1) is 0 Å². The zero-order valence-corrected chi connectivity index (χ0v) is 20.6. The van der Waals surface area contributed by atoms with Crippen LogP contribution in [0.15, 0.2) is 52.6 Å². The van der Waals surface area contributed by atoms with E-state index in [2.05, 4.69) is 81.1 Å². The van der Waals surface area contributed by atoms with Crippen molar-refractivity contribution in [3.8, 4) is 0 Å². The predicted octanol–water partition coefficient (Wildman–Crippen LogP) is 6.50. The van der Waals surface area contributed by atoms with E-state index >= 15 is 0 Å². The Balaban J connectivity index is 0. The molecule has 3 nitrogen and oxygen atoms in total. The fourth-order valence-electron chi connectivity index (χ4n) is 3.09. The molecule has 0 saturated heterocycles. The third-order valence-corrected chi connectivity index (χ3v) is 4.65. The molecule has 3 heteroatoms. The number of rotatable bonds is 15. The smallest absolute Gasteiger partial charge is 0.0357 e. The van der Waals surface area contributed by atoms with Gasteiger partial charge in [0.05, 0.1) is 0 Å². The Kier molecular flexibility index (Phi) is 21.8. The van der Waals surface area contributed by atoms with E-state index in [-0.39, 0.29) is 0 Å². The first-order valence-corrected chi connectivity index (χ1v) is 11.5. The average Bonchev–Trinajstić information content (AvgIpc) is 2.71. The zero-order chi connectivity index (χ0) is 22.5. The third-order valence-electron chi connectivity index (χ3n) is 4.65. The second-order valence-electron chi connectivity index (χ2n) is 7.27. The number of aliphatic imine (C=N–C) groups is 1. The normalized spacial score (nSPS) is 13.9. The second-order valence-corrected chi connectivity index (χ2v) is 7.27. The Labute approximate surface area is 182 Å². The quantitative estimate of drug-likeness (QED) is 0.186. The van der Waals surface area contributed by atoms with Gasteiger partial charge in [0.15, 0.2) is 0 Å². The molecule has 0 spiro atoms. The fraction of sp³-hybridized carbons (Fsp3) is 0.654. The van der Waals surface area contributed by atoms with E-state index in [0.717, 1.165) is 38.9 Å². The van der Waals surface area contributed by atoms with Crippen molar-refractivity contribution in [3.05, 3.63) is 47.6 Å². The number of hydrogen-bond donors (Lipinski definition) is 2. The minimum absolute atomic E-state index is 0.396. The zero-order valence-electron chi connectivity index (χ0n) is 20.6.